The third-order valence-electron chi connectivity index (χ3n) is 6.97. The minimum absolute atomic E-state index is 0.0418. The highest BCUT2D eigenvalue weighted by atomic mass is 16.5. The average Bonchev–Trinajstić information content (AvgIpc) is 3.36. The second-order valence-electron chi connectivity index (χ2n) is 9.88. The first-order valence-electron chi connectivity index (χ1n) is 13.9. The lowest BCUT2D eigenvalue weighted by Gasteiger charge is -2.28. The Labute approximate surface area is 230 Å². The maximum atomic E-state index is 13.5. The van der Waals surface area contributed by atoms with E-state index in [4.69, 9.17) is 9.47 Å². The molecule has 0 atom stereocenters. The molecule has 3 aromatic carbocycles. The molecule has 39 heavy (non-hydrogen) atoms. The van der Waals surface area contributed by atoms with Crippen LogP contribution >= 0.6 is 0 Å². The van der Waals surface area contributed by atoms with Gasteiger partial charge in [0, 0.05) is 38.3 Å². The summed E-state index contributed by atoms with van der Waals surface area (Å²) >= 11 is 0. The van der Waals surface area contributed by atoms with Gasteiger partial charge in [0.1, 0.15) is 17.6 Å². The molecule has 0 bridgehead atoms. The molecule has 1 aliphatic heterocycles. The van der Waals surface area contributed by atoms with Gasteiger partial charge in [0.05, 0.1) is 13.2 Å². The number of hydrogen-bond acceptors (Lipinski definition) is 6. The number of rotatable bonds is 6. The minimum Gasteiger partial charge on any atom is -0.490 e. The molecule has 1 aromatic heterocycles. The molecule has 4 aromatic rings. The Kier molecular flexibility index (Phi) is 9.06. The molecule has 0 unspecified atom stereocenters. The fraction of sp³-hybridized carbons (Fsp3) is 0.387. The van der Waals surface area contributed by atoms with Crippen LogP contribution in [0, 0.1) is 0 Å². The van der Waals surface area contributed by atoms with Crippen molar-refractivity contribution in [3.05, 3.63) is 83.9 Å². The molecule has 0 aliphatic carbocycles. The summed E-state index contributed by atoms with van der Waals surface area (Å²) in [5.74, 6) is 1.67. The van der Waals surface area contributed by atoms with Crippen molar-refractivity contribution < 1.29 is 14.3 Å². The number of carbonyl (C=O) groups is 1. The summed E-state index contributed by atoms with van der Waals surface area (Å²) in [7, 11) is 0. The zero-order valence-electron chi connectivity index (χ0n) is 22.7. The van der Waals surface area contributed by atoms with Gasteiger partial charge in [0.2, 0.25) is 5.91 Å². The van der Waals surface area contributed by atoms with E-state index >= 15 is 0 Å². The van der Waals surface area contributed by atoms with Crippen LogP contribution in [-0.2, 0) is 24.4 Å². The third kappa shape index (κ3) is 7.15. The largest absolute Gasteiger partial charge is 0.490 e. The number of carbonyl (C=O) groups excluding carboxylic acids is 1. The van der Waals surface area contributed by atoms with Crippen LogP contribution in [0.1, 0.15) is 37.3 Å². The molecular formula is C31H37N5O3. The number of nitrogens with zero attached hydrogens (tertiary/aromatic N) is 5. The van der Waals surface area contributed by atoms with E-state index in [1.54, 1.807) is 0 Å². The van der Waals surface area contributed by atoms with Gasteiger partial charge in [-0.15, -0.1) is 0 Å². The van der Waals surface area contributed by atoms with E-state index in [-0.39, 0.29) is 12.5 Å². The first kappa shape index (κ1) is 26.7. The second kappa shape index (κ2) is 13.2. The molecule has 2 heterocycles. The van der Waals surface area contributed by atoms with E-state index in [0.717, 1.165) is 60.4 Å². The highest BCUT2D eigenvalue weighted by Gasteiger charge is 2.20. The summed E-state index contributed by atoms with van der Waals surface area (Å²) in [6.45, 7) is 6.87. The van der Waals surface area contributed by atoms with E-state index in [0.29, 0.717) is 32.8 Å². The van der Waals surface area contributed by atoms with E-state index in [1.165, 1.54) is 10.4 Å². The first-order valence-corrected chi connectivity index (χ1v) is 13.9. The van der Waals surface area contributed by atoms with Crippen molar-refractivity contribution in [2.45, 2.75) is 45.8 Å². The fourth-order valence-electron chi connectivity index (χ4n) is 4.99. The molecule has 0 spiro atoms. The standard InChI is InChI=1S/C31H37N5O3/c1-2-38-29-17-11-14-26-23-34(22-25-12-5-3-6-13-25)19-20-35(18-9-4-10-21-39-31(26)29)30(37)24-36-32-27-15-7-8-16-28(27)33-36/h3,5-8,11-17H,2,4,9-10,18-24H2,1H3. The van der Waals surface area contributed by atoms with Crippen LogP contribution in [0.25, 0.3) is 11.0 Å². The monoisotopic (exact) mass is 527 g/mol. The Balaban J connectivity index is 1.37. The van der Waals surface area contributed by atoms with Crippen molar-refractivity contribution in [2.75, 3.05) is 32.8 Å². The Bertz CT molecular complexity index is 1320. The Hall–Kier alpha value is -3.91. The number of benzene rings is 3. The number of hydrogen-bond donors (Lipinski definition) is 0. The van der Waals surface area contributed by atoms with E-state index < -0.39 is 0 Å². The van der Waals surface area contributed by atoms with Crippen molar-refractivity contribution in [1.29, 1.82) is 0 Å². The van der Waals surface area contributed by atoms with E-state index in [9.17, 15) is 4.79 Å². The average molecular weight is 528 g/mol. The van der Waals surface area contributed by atoms with Gasteiger partial charge < -0.3 is 14.4 Å². The summed E-state index contributed by atoms with van der Waals surface area (Å²) in [6, 6.07) is 24.3. The van der Waals surface area contributed by atoms with Crippen LogP contribution in [0.4, 0.5) is 0 Å². The highest BCUT2D eigenvalue weighted by molar-refractivity contribution is 5.77. The summed E-state index contributed by atoms with van der Waals surface area (Å²) in [5.41, 5.74) is 3.93. The number of aromatic nitrogens is 3. The van der Waals surface area contributed by atoms with E-state index in [2.05, 4.69) is 45.4 Å². The lowest BCUT2D eigenvalue weighted by molar-refractivity contribution is -0.132. The van der Waals surface area contributed by atoms with Crippen LogP contribution in [0.2, 0.25) is 0 Å². The van der Waals surface area contributed by atoms with Crippen LogP contribution in [-0.4, -0.2) is 63.5 Å². The molecule has 5 rings (SSSR count). The van der Waals surface area contributed by atoms with Crippen molar-refractivity contribution >= 4 is 16.9 Å². The van der Waals surface area contributed by atoms with E-state index in [1.807, 2.05) is 54.3 Å². The summed E-state index contributed by atoms with van der Waals surface area (Å²) in [6.07, 6.45) is 2.82. The minimum atomic E-state index is 0.0418. The van der Waals surface area contributed by atoms with Gasteiger partial charge in [-0.2, -0.15) is 15.0 Å². The van der Waals surface area contributed by atoms with Crippen molar-refractivity contribution in [3.8, 4) is 11.5 Å². The zero-order chi connectivity index (χ0) is 26.9. The Morgan fingerprint density at radius 2 is 1.64 bits per heavy atom. The molecule has 1 aliphatic rings. The summed E-state index contributed by atoms with van der Waals surface area (Å²) in [4.78, 5) is 19.4. The van der Waals surface area contributed by atoms with Crippen LogP contribution < -0.4 is 9.47 Å². The Morgan fingerprint density at radius 1 is 0.872 bits per heavy atom. The molecule has 0 N–H and O–H groups in total. The molecular weight excluding hydrogens is 490 g/mol. The topological polar surface area (TPSA) is 72.7 Å². The smallest absolute Gasteiger partial charge is 0.246 e. The third-order valence-corrected chi connectivity index (χ3v) is 6.97. The number of ether oxygens (including phenoxy) is 2. The van der Waals surface area contributed by atoms with Gasteiger partial charge in [-0.25, -0.2) is 0 Å². The highest BCUT2D eigenvalue weighted by Crippen LogP contribution is 2.33. The fourth-order valence-corrected chi connectivity index (χ4v) is 4.99. The van der Waals surface area contributed by atoms with Crippen molar-refractivity contribution in [2.24, 2.45) is 0 Å². The zero-order valence-corrected chi connectivity index (χ0v) is 22.7. The normalized spacial score (nSPS) is 15.5. The molecule has 1 amide bonds. The lowest BCUT2D eigenvalue weighted by Crippen LogP contribution is -2.40. The lowest BCUT2D eigenvalue weighted by atomic mass is 10.1. The molecule has 0 saturated heterocycles. The van der Waals surface area contributed by atoms with Gasteiger partial charge in [0.15, 0.2) is 11.5 Å². The SMILES string of the molecule is CCOc1cccc2c1OCCCCCN(C(=O)Cn1nc3ccccc3n1)CCN(Cc1ccccc1)C2. The van der Waals surface area contributed by atoms with Gasteiger partial charge in [-0.1, -0.05) is 54.6 Å². The van der Waals surface area contributed by atoms with Gasteiger partial charge in [-0.05, 0) is 49.9 Å². The second-order valence-corrected chi connectivity index (χ2v) is 9.88. The summed E-state index contributed by atoms with van der Waals surface area (Å²) < 4.78 is 12.2. The maximum absolute atomic E-state index is 13.5. The molecule has 8 nitrogen and oxygen atoms in total. The summed E-state index contributed by atoms with van der Waals surface area (Å²) in [5, 5.41) is 9.00. The van der Waals surface area contributed by atoms with Crippen molar-refractivity contribution in [1.82, 2.24) is 24.8 Å². The maximum Gasteiger partial charge on any atom is 0.246 e. The van der Waals surface area contributed by atoms with Crippen LogP contribution in [0.5, 0.6) is 11.5 Å². The molecule has 0 saturated carbocycles. The van der Waals surface area contributed by atoms with Crippen molar-refractivity contribution in [3.63, 3.8) is 0 Å². The van der Waals surface area contributed by atoms with Gasteiger partial charge in [-0.3, -0.25) is 9.69 Å². The first-order chi connectivity index (χ1) is 19.2. The number of amides is 1. The quantitative estimate of drug-likeness (QED) is 0.354. The number of para-hydroxylation sites is 1. The van der Waals surface area contributed by atoms with Crippen LogP contribution in [0.15, 0.2) is 72.8 Å². The van der Waals surface area contributed by atoms with Gasteiger partial charge in [0.25, 0.3) is 0 Å². The Morgan fingerprint density at radius 3 is 2.41 bits per heavy atom. The number of fused-ring (bicyclic) bond motifs is 2. The van der Waals surface area contributed by atoms with Crippen LogP contribution in [0.3, 0.4) is 0 Å². The van der Waals surface area contributed by atoms with Gasteiger partial charge >= 0.3 is 0 Å². The predicted molar refractivity (Wildman–Crippen MR) is 152 cm³/mol. The molecule has 0 fully saturated rings. The predicted octanol–water partition coefficient (Wildman–Crippen LogP) is 4.92. The molecule has 204 valence electrons. The molecule has 0 radical (unpaired) electrons. The molecule has 8 heteroatoms.